The van der Waals surface area contributed by atoms with Gasteiger partial charge in [0.05, 0.1) is 12.8 Å². The Bertz CT molecular complexity index is 612. The lowest BCUT2D eigenvalue weighted by Gasteiger charge is -2.12. The summed E-state index contributed by atoms with van der Waals surface area (Å²) >= 11 is 0. The highest BCUT2D eigenvalue weighted by Gasteiger charge is 2.11. The van der Waals surface area contributed by atoms with E-state index in [-0.39, 0.29) is 0 Å². The van der Waals surface area contributed by atoms with Crippen molar-refractivity contribution in [3.8, 4) is 17.5 Å². The number of nitrogen functional groups attached to an aromatic ring is 1. The number of aryl methyl sites for hydroxylation is 1. The molecule has 1 aromatic carbocycles. The van der Waals surface area contributed by atoms with Gasteiger partial charge in [-0.1, -0.05) is 13.8 Å². The molecule has 0 aliphatic rings. The molecule has 0 saturated carbocycles. The van der Waals surface area contributed by atoms with Crippen LogP contribution in [0.2, 0.25) is 0 Å². The van der Waals surface area contributed by atoms with Crippen LogP contribution in [0.5, 0.6) is 17.5 Å². The summed E-state index contributed by atoms with van der Waals surface area (Å²) < 4.78 is 11.0. The maximum atomic E-state index is 5.72. The molecule has 5 nitrogen and oxygen atoms in total. The van der Waals surface area contributed by atoms with Crippen molar-refractivity contribution in [2.45, 2.75) is 26.7 Å². The summed E-state index contributed by atoms with van der Waals surface area (Å²) in [5.41, 5.74) is 8.15. The molecular weight excluding hydrogens is 254 g/mol. The molecule has 2 aromatic rings. The van der Waals surface area contributed by atoms with E-state index in [1.807, 2.05) is 13.0 Å². The van der Waals surface area contributed by atoms with E-state index in [4.69, 9.17) is 15.2 Å². The van der Waals surface area contributed by atoms with Crippen LogP contribution in [0.1, 0.15) is 31.2 Å². The van der Waals surface area contributed by atoms with Gasteiger partial charge in [-0.3, -0.25) is 0 Å². The molecule has 0 aliphatic heterocycles. The maximum Gasteiger partial charge on any atom is 0.322 e. The molecule has 0 saturated heterocycles. The van der Waals surface area contributed by atoms with Gasteiger partial charge in [-0.25, -0.2) is 4.98 Å². The standard InChI is InChI=1S/C15H19N3O2/c1-9(2)12-7-10(3)17-15(18-12)20-13-6-5-11(16)8-14(13)19-4/h5-9H,16H2,1-4H3. The first-order valence-electron chi connectivity index (χ1n) is 6.46. The van der Waals surface area contributed by atoms with Crippen molar-refractivity contribution in [2.24, 2.45) is 0 Å². The van der Waals surface area contributed by atoms with E-state index in [1.165, 1.54) is 0 Å². The summed E-state index contributed by atoms with van der Waals surface area (Å²) in [6.07, 6.45) is 0. The minimum Gasteiger partial charge on any atom is -0.493 e. The Kier molecular flexibility index (Phi) is 4.08. The molecule has 106 valence electrons. The molecule has 1 heterocycles. The van der Waals surface area contributed by atoms with E-state index >= 15 is 0 Å². The van der Waals surface area contributed by atoms with Crippen LogP contribution < -0.4 is 15.2 Å². The predicted molar refractivity (Wildman–Crippen MR) is 78.3 cm³/mol. The van der Waals surface area contributed by atoms with E-state index in [0.29, 0.717) is 29.1 Å². The zero-order valence-electron chi connectivity index (χ0n) is 12.2. The minimum atomic E-state index is 0.312. The average molecular weight is 273 g/mol. The second-order valence-electron chi connectivity index (χ2n) is 4.88. The zero-order valence-corrected chi connectivity index (χ0v) is 12.2. The zero-order chi connectivity index (χ0) is 14.7. The second-order valence-corrected chi connectivity index (χ2v) is 4.88. The number of benzene rings is 1. The largest absolute Gasteiger partial charge is 0.493 e. The van der Waals surface area contributed by atoms with Crippen molar-refractivity contribution in [1.82, 2.24) is 9.97 Å². The summed E-state index contributed by atoms with van der Waals surface area (Å²) in [6.45, 7) is 6.07. The van der Waals surface area contributed by atoms with Gasteiger partial charge in [0, 0.05) is 17.4 Å². The van der Waals surface area contributed by atoms with Gasteiger partial charge in [-0.15, -0.1) is 0 Å². The molecule has 2 rings (SSSR count). The molecule has 0 atom stereocenters. The van der Waals surface area contributed by atoms with Gasteiger partial charge < -0.3 is 15.2 Å². The van der Waals surface area contributed by atoms with Crippen LogP contribution in [-0.4, -0.2) is 17.1 Å². The molecule has 0 bridgehead atoms. The van der Waals surface area contributed by atoms with Crippen molar-refractivity contribution >= 4 is 5.69 Å². The van der Waals surface area contributed by atoms with Crippen LogP contribution in [0.4, 0.5) is 5.69 Å². The third-order valence-electron chi connectivity index (χ3n) is 2.83. The molecule has 1 aromatic heterocycles. The Labute approximate surface area is 118 Å². The Hall–Kier alpha value is -2.30. The van der Waals surface area contributed by atoms with E-state index in [9.17, 15) is 0 Å². The van der Waals surface area contributed by atoms with Gasteiger partial charge in [-0.2, -0.15) is 4.98 Å². The number of hydrogen-bond donors (Lipinski definition) is 1. The summed E-state index contributed by atoms with van der Waals surface area (Å²) in [6, 6.07) is 7.47. The number of ether oxygens (including phenoxy) is 2. The van der Waals surface area contributed by atoms with Crippen LogP contribution in [0, 0.1) is 6.92 Å². The summed E-state index contributed by atoms with van der Waals surface area (Å²) in [5, 5.41) is 0. The lowest BCUT2D eigenvalue weighted by Crippen LogP contribution is -2.01. The number of nitrogens with two attached hydrogens (primary N) is 1. The first-order valence-corrected chi connectivity index (χ1v) is 6.46. The van der Waals surface area contributed by atoms with Crippen LogP contribution in [0.15, 0.2) is 24.3 Å². The highest BCUT2D eigenvalue weighted by molar-refractivity contribution is 5.52. The normalized spacial score (nSPS) is 10.7. The van der Waals surface area contributed by atoms with Gasteiger partial charge in [0.15, 0.2) is 11.5 Å². The Morgan fingerprint density at radius 3 is 2.50 bits per heavy atom. The van der Waals surface area contributed by atoms with Gasteiger partial charge in [0.1, 0.15) is 0 Å². The van der Waals surface area contributed by atoms with Crippen molar-refractivity contribution in [3.63, 3.8) is 0 Å². The quantitative estimate of drug-likeness (QED) is 0.865. The molecule has 0 spiro atoms. The van der Waals surface area contributed by atoms with Gasteiger partial charge >= 0.3 is 6.01 Å². The molecular formula is C15H19N3O2. The van der Waals surface area contributed by atoms with Crippen LogP contribution in [0.3, 0.4) is 0 Å². The molecule has 2 N–H and O–H groups in total. The fraction of sp³-hybridized carbons (Fsp3) is 0.333. The van der Waals surface area contributed by atoms with Crippen LogP contribution in [0.25, 0.3) is 0 Å². The topological polar surface area (TPSA) is 70.3 Å². The third-order valence-corrected chi connectivity index (χ3v) is 2.83. The predicted octanol–water partition coefficient (Wildman–Crippen LogP) is 3.29. The number of methoxy groups -OCH3 is 1. The summed E-state index contributed by atoms with van der Waals surface area (Å²) in [5.74, 6) is 1.41. The van der Waals surface area contributed by atoms with E-state index in [2.05, 4.69) is 23.8 Å². The lowest BCUT2D eigenvalue weighted by molar-refractivity contribution is 0.367. The summed E-state index contributed by atoms with van der Waals surface area (Å²) in [4.78, 5) is 8.70. The fourth-order valence-corrected chi connectivity index (χ4v) is 1.77. The van der Waals surface area contributed by atoms with Gasteiger partial charge in [-0.05, 0) is 31.0 Å². The average Bonchev–Trinajstić information content (AvgIpc) is 2.40. The first kappa shape index (κ1) is 14.1. The number of nitrogens with zero attached hydrogens (tertiary/aromatic N) is 2. The molecule has 0 aliphatic carbocycles. The first-order chi connectivity index (χ1) is 9.49. The van der Waals surface area contributed by atoms with Crippen molar-refractivity contribution in [1.29, 1.82) is 0 Å². The molecule has 5 heteroatoms. The van der Waals surface area contributed by atoms with Crippen LogP contribution in [-0.2, 0) is 0 Å². The Morgan fingerprint density at radius 2 is 1.85 bits per heavy atom. The molecule has 0 unspecified atom stereocenters. The molecule has 0 amide bonds. The minimum absolute atomic E-state index is 0.312. The number of hydrogen-bond acceptors (Lipinski definition) is 5. The second kappa shape index (κ2) is 5.77. The third kappa shape index (κ3) is 3.17. The number of anilines is 1. The van der Waals surface area contributed by atoms with Crippen molar-refractivity contribution < 1.29 is 9.47 Å². The van der Waals surface area contributed by atoms with Gasteiger partial charge in [0.2, 0.25) is 0 Å². The number of rotatable bonds is 4. The van der Waals surface area contributed by atoms with E-state index < -0.39 is 0 Å². The van der Waals surface area contributed by atoms with Crippen molar-refractivity contribution in [3.05, 3.63) is 35.7 Å². The van der Waals surface area contributed by atoms with E-state index in [1.54, 1.807) is 25.3 Å². The highest BCUT2D eigenvalue weighted by Crippen LogP contribution is 2.32. The Morgan fingerprint density at radius 1 is 1.10 bits per heavy atom. The van der Waals surface area contributed by atoms with Crippen LogP contribution >= 0.6 is 0 Å². The van der Waals surface area contributed by atoms with E-state index in [0.717, 1.165) is 11.4 Å². The van der Waals surface area contributed by atoms with Crippen molar-refractivity contribution in [2.75, 3.05) is 12.8 Å². The fourth-order valence-electron chi connectivity index (χ4n) is 1.77. The SMILES string of the molecule is COc1cc(N)ccc1Oc1nc(C)cc(C(C)C)n1. The molecule has 0 radical (unpaired) electrons. The monoisotopic (exact) mass is 273 g/mol. The Balaban J connectivity index is 2.34. The van der Waals surface area contributed by atoms with Gasteiger partial charge in [0.25, 0.3) is 0 Å². The summed E-state index contributed by atoms with van der Waals surface area (Å²) in [7, 11) is 1.57. The maximum absolute atomic E-state index is 5.72. The lowest BCUT2D eigenvalue weighted by atomic mass is 10.1. The molecule has 20 heavy (non-hydrogen) atoms. The smallest absolute Gasteiger partial charge is 0.322 e. The number of aromatic nitrogens is 2. The highest BCUT2D eigenvalue weighted by atomic mass is 16.5. The molecule has 0 fully saturated rings.